The zero-order chi connectivity index (χ0) is 16.2. The van der Waals surface area contributed by atoms with Crippen molar-refractivity contribution in [1.29, 1.82) is 0 Å². The third-order valence-corrected chi connectivity index (χ3v) is 4.70. The second-order valence-electron chi connectivity index (χ2n) is 6.58. The van der Waals surface area contributed by atoms with Crippen LogP contribution in [0.25, 0.3) is 22.2 Å². The number of H-pyrrole nitrogens is 1. The number of halogens is 1. The Bertz CT molecular complexity index is 943. The molecule has 1 amide bonds. The number of hydrogen-bond donors (Lipinski definition) is 2. The van der Waals surface area contributed by atoms with Gasteiger partial charge in [0.1, 0.15) is 5.65 Å². The molecule has 0 aliphatic carbocycles. The third kappa shape index (κ3) is 2.21. The normalized spacial score (nSPS) is 16.2. The Morgan fingerprint density at radius 1 is 1.22 bits per heavy atom. The van der Waals surface area contributed by atoms with Crippen molar-refractivity contribution in [1.82, 2.24) is 15.3 Å². The fourth-order valence-electron chi connectivity index (χ4n) is 3.18. The summed E-state index contributed by atoms with van der Waals surface area (Å²) in [4.78, 5) is 19.6. The van der Waals surface area contributed by atoms with Crippen LogP contribution in [0.1, 0.15) is 29.8 Å². The van der Waals surface area contributed by atoms with Gasteiger partial charge in [0, 0.05) is 40.9 Å². The molecule has 116 valence electrons. The van der Waals surface area contributed by atoms with E-state index in [0.717, 1.165) is 33.3 Å². The molecule has 23 heavy (non-hydrogen) atoms. The number of hydrogen-bond acceptors (Lipinski definition) is 2. The first-order chi connectivity index (χ1) is 11.0. The van der Waals surface area contributed by atoms with Gasteiger partial charge in [-0.05, 0) is 29.3 Å². The molecule has 0 saturated heterocycles. The number of benzene rings is 1. The Hall–Kier alpha value is -2.33. The Balaban J connectivity index is 1.93. The highest BCUT2D eigenvalue weighted by Gasteiger charge is 2.31. The Morgan fingerprint density at radius 3 is 2.87 bits per heavy atom. The molecule has 2 N–H and O–H groups in total. The van der Waals surface area contributed by atoms with E-state index in [9.17, 15) is 4.79 Å². The van der Waals surface area contributed by atoms with Crippen LogP contribution < -0.4 is 5.32 Å². The van der Waals surface area contributed by atoms with Gasteiger partial charge in [0.05, 0.1) is 5.02 Å². The number of amides is 1. The highest BCUT2D eigenvalue weighted by Crippen LogP contribution is 2.35. The lowest BCUT2D eigenvalue weighted by Crippen LogP contribution is -2.43. The molecule has 0 radical (unpaired) electrons. The average Bonchev–Trinajstić information content (AvgIpc) is 2.94. The van der Waals surface area contributed by atoms with Gasteiger partial charge in [0.15, 0.2) is 0 Å². The van der Waals surface area contributed by atoms with Crippen LogP contribution in [-0.4, -0.2) is 22.4 Å². The summed E-state index contributed by atoms with van der Waals surface area (Å²) in [6, 6.07) is 7.89. The van der Waals surface area contributed by atoms with Crippen LogP contribution in [0.15, 0.2) is 36.7 Å². The van der Waals surface area contributed by atoms with E-state index in [2.05, 4.69) is 35.2 Å². The third-order valence-electron chi connectivity index (χ3n) is 4.49. The Kier molecular flexibility index (Phi) is 3.00. The molecule has 0 fully saturated rings. The van der Waals surface area contributed by atoms with E-state index in [1.165, 1.54) is 0 Å². The van der Waals surface area contributed by atoms with Crippen LogP contribution in [0.4, 0.5) is 0 Å². The lowest BCUT2D eigenvalue weighted by Gasteiger charge is -2.32. The number of nitrogens with one attached hydrogen (secondary N) is 2. The summed E-state index contributed by atoms with van der Waals surface area (Å²) >= 11 is 6.09. The second kappa shape index (κ2) is 4.83. The molecule has 4 rings (SSSR count). The minimum atomic E-state index is -0.0960. The summed E-state index contributed by atoms with van der Waals surface area (Å²) < 4.78 is 0. The molecule has 0 spiro atoms. The van der Waals surface area contributed by atoms with Gasteiger partial charge in [-0.3, -0.25) is 4.79 Å². The maximum absolute atomic E-state index is 12.1. The van der Waals surface area contributed by atoms with E-state index in [4.69, 9.17) is 11.6 Å². The summed E-state index contributed by atoms with van der Waals surface area (Å²) in [5.74, 6) is -0.00508. The topological polar surface area (TPSA) is 57.8 Å². The van der Waals surface area contributed by atoms with E-state index in [0.29, 0.717) is 11.6 Å². The standard InChI is InChI=1S/C18H16ClN3O/c1-18(2)9-22-17(23)12-4-3-10(5-15(12)18)14-8-21-16-13(14)6-11(19)7-20-16/h3-8H,9H2,1-2H3,(H,20,21)(H,22,23). The number of carbonyl (C=O) groups is 1. The monoisotopic (exact) mass is 325 g/mol. The number of aromatic amines is 1. The van der Waals surface area contributed by atoms with E-state index in [1.54, 1.807) is 6.20 Å². The summed E-state index contributed by atoms with van der Waals surface area (Å²) in [5.41, 5.74) is 4.63. The van der Waals surface area contributed by atoms with Crippen LogP contribution in [-0.2, 0) is 5.41 Å². The molecule has 3 heterocycles. The van der Waals surface area contributed by atoms with Gasteiger partial charge in [-0.2, -0.15) is 0 Å². The molecule has 0 atom stereocenters. The molecule has 5 heteroatoms. The molecule has 0 bridgehead atoms. The quantitative estimate of drug-likeness (QED) is 0.712. The van der Waals surface area contributed by atoms with Crippen LogP contribution in [0.3, 0.4) is 0 Å². The SMILES string of the molecule is CC1(C)CNC(=O)c2ccc(-c3c[nH]c4ncc(Cl)cc34)cc21. The molecule has 1 aliphatic heterocycles. The molecule has 3 aromatic rings. The number of aromatic nitrogens is 2. The fraction of sp³-hybridized carbons (Fsp3) is 0.222. The van der Waals surface area contributed by atoms with Crippen molar-refractivity contribution in [3.63, 3.8) is 0 Å². The fourth-order valence-corrected chi connectivity index (χ4v) is 3.34. The minimum Gasteiger partial charge on any atom is -0.351 e. The van der Waals surface area contributed by atoms with E-state index < -0.39 is 0 Å². The summed E-state index contributed by atoms with van der Waals surface area (Å²) in [6.07, 6.45) is 3.57. The predicted molar refractivity (Wildman–Crippen MR) is 91.9 cm³/mol. The highest BCUT2D eigenvalue weighted by molar-refractivity contribution is 6.31. The lowest BCUT2D eigenvalue weighted by molar-refractivity contribution is 0.0930. The van der Waals surface area contributed by atoms with Crippen molar-refractivity contribution in [2.45, 2.75) is 19.3 Å². The maximum Gasteiger partial charge on any atom is 0.251 e. The zero-order valence-corrected chi connectivity index (χ0v) is 13.7. The number of rotatable bonds is 1. The first-order valence-electron chi connectivity index (χ1n) is 7.51. The largest absolute Gasteiger partial charge is 0.351 e. The molecule has 0 unspecified atom stereocenters. The summed E-state index contributed by atoms with van der Waals surface area (Å²) in [7, 11) is 0. The van der Waals surface area contributed by atoms with Gasteiger partial charge in [0.25, 0.3) is 5.91 Å². The summed E-state index contributed by atoms with van der Waals surface area (Å²) in [5, 5.41) is 4.54. The van der Waals surface area contributed by atoms with Gasteiger partial charge >= 0.3 is 0 Å². The lowest BCUT2D eigenvalue weighted by atomic mass is 9.78. The van der Waals surface area contributed by atoms with Crippen LogP contribution in [0.2, 0.25) is 5.02 Å². The van der Waals surface area contributed by atoms with Gasteiger partial charge in [-0.25, -0.2) is 4.98 Å². The number of pyridine rings is 1. The van der Waals surface area contributed by atoms with E-state index >= 15 is 0 Å². The molecule has 2 aromatic heterocycles. The minimum absolute atomic E-state index is 0.00508. The summed E-state index contributed by atoms with van der Waals surface area (Å²) in [6.45, 7) is 4.93. The molecule has 1 aliphatic rings. The predicted octanol–water partition coefficient (Wildman–Crippen LogP) is 3.90. The van der Waals surface area contributed by atoms with Gasteiger partial charge in [-0.15, -0.1) is 0 Å². The van der Waals surface area contributed by atoms with Crippen molar-refractivity contribution >= 4 is 28.5 Å². The van der Waals surface area contributed by atoms with Gasteiger partial charge in [-0.1, -0.05) is 31.5 Å². The van der Waals surface area contributed by atoms with Crippen LogP contribution >= 0.6 is 11.6 Å². The number of nitrogens with zero attached hydrogens (tertiary/aromatic N) is 1. The number of carbonyl (C=O) groups excluding carboxylic acids is 1. The van der Waals surface area contributed by atoms with Crippen molar-refractivity contribution in [3.8, 4) is 11.1 Å². The van der Waals surface area contributed by atoms with Crippen LogP contribution in [0.5, 0.6) is 0 Å². The van der Waals surface area contributed by atoms with E-state index in [1.807, 2.05) is 24.4 Å². The zero-order valence-electron chi connectivity index (χ0n) is 12.9. The molecular weight excluding hydrogens is 310 g/mol. The van der Waals surface area contributed by atoms with Gasteiger partial charge in [0.2, 0.25) is 0 Å². The molecule has 0 saturated carbocycles. The van der Waals surface area contributed by atoms with Crippen LogP contribution in [0, 0.1) is 0 Å². The molecule has 4 nitrogen and oxygen atoms in total. The van der Waals surface area contributed by atoms with Gasteiger partial charge < -0.3 is 10.3 Å². The van der Waals surface area contributed by atoms with E-state index in [-0.39, 0.29) is 11.3 Å². The Morgan fingerprint density at radius 2 is 2.04 bits per heavy atom. The highest BCUT2D eigenvalue weighted by atomic mass is 35.5. The van der Waals surface area contributed by atoms with Crippen molar-refractivity contribution < 1.29 is 4.79 Å². The molecular formula is C18H16ClN3O. The molecule has 1 aromatic carbocycles. The number of fused-ring (bicyclic) bond motifs is 2. The first kappa shape index (κ1) is 14.3. The van der Waals surface area contributed by atoms with Crippen molar-refractivity contribution in [2.75, 3.05) is 6.54 Å². The second-order valence-corrected chi connectivity index (χ2v) is 7.02. The van der Waals surface area contributed by atoms with Crippen molar-refractivity contribution in [3.05, 3.63) is 52.8 Å². The first-order valence-corrected chi connectivity index (χ1v) is 7.89. The van der Waals surface area contributed by atoms with Crippen molar-refractivity contribution in [2.24, 2.45) is 0 Å². The smallest absolute Gasteiger partial charge is 0.251 e. The Labute approximate surface area is 138 Å². The maximum atomic E-state index is 12.1. The average molecular weight is 326 g/mol.